The third-order valence-corrected chi connectivity index (χ3v) is 3.93. The van der Waals surface area contributed by atoms with Crippen LogP contribution in [0.3, 0.4) is 0 Å². The second-order valence-corrected chi connectivity index (χ2v) is 5.69. The highest BCUT2D eigenvalue weighted by Crippen LogP contribution is 2.19. The van der Waals surface area contributed by atoms with E-state index in [0.29, 0.717) is 18.9 Å². The maximum Gasteiger partial charge on any atom is 0.223 e. The molecular weight excluding hydrogens is 286 g/mol. The van der Waals surface area contributed by atoms with E-state index in [0.717, 1.165) is 26.2 Å². The van der Waals surface area contributed by atoms with E-state index < -0.39 is 0 Å². The predicted octanol–water partition coefficient (Wildman–Crippen LogP) is 1.74. The molecule has 1 amide bonds. The quantitative estimate of drug-likeness (QED) is 0.870. The molecular formula is C16H26ClN3O. The Morgan fingerprint density at radius 1 is 1.38 bits per heavy atom. The van der Waals surface area contributed by atoms with Crippen LogP contribution in [0.1, 0.15) is 18.4 Å². The van der Waals surface area contributed by atoms with E-state index in [1.807, 2.05) is 18.0 Å². The van der Waals surface area contributed by atoms with Gasteiger partial charge in [-0.2, -0.15) is 0 Å². The number of hydrogen-bond acceptors (Lipinski definition) is 3. The van der Waals surface area contributed by atoms with Crippen molar-refractivity contribution in [3.8, 4) is 0 Å². The van der Waals surface area contributed by atoms with Crippen molar-refractivity contribution in [2.24, 2.45) is 11.7 Å². The molecule has 0 radical (unpaired) electrons. The summed E-state index contributed by atoms with van der Waals surface area (Å²) in [6, 6.07) is 10.6. The summed E-state index contributed by atoms with van der Waals surface area (Å²) < 4.78 is 0. The highest BCUT2D eigenvalue weighted by atomic mass is 35.5. The lowest BCUT2D eigenvalue weighted by Crippen LogP contribution is -2.34. The van der Waals surface area contributed by atoms with Gasteiger partial charge >= 0.3 is 0 Å². The minimum Gasteiger partial charge on any atom is -0.345 e. The van der Waals surface area contributed by atoms with E-state index >= 15 is 0 Å². The van der Waals surface area contributed by atoms with Crippen molar-refractivity contribution in [1.82, 2.24) is 9.80 Å². The molecule has 1 aliphatic heterocycles. The normalized spacial score (nSPS) is 18.3. The first kappa shape index (κ1) is 18.0. The Bertz CT molecular complexity index is 427. The van der Waals surface area contributed by atoms with Crippen molar-refractivity contribution >= 4 is 18.3 Å². The number of carbonyl (C=O) groups is 1. The summed E-state index contributed by atoms with van der Waals surface area (Å²) in [6.45, 7) is 4.50. The smallest absolute Gasteiger partial charge is 0.223 e. The van der Waals surface area contributed by atoms with E-state index in [1.165, 1.54) is 12.0 Å². The third kappa shape index (κ3) is 5.65. The predicted molar refractivity (Wildman–Crippen MR) is 88.4 cm³/mol. The lowest BCUT2D eigenvalue weighted by molar-refractivity contribution is -0.130. The maximum atomic E-state index is 11.7. The molecule has 1 unspecified atom stereocenters. The van der Waals surface area contributed by atoms with Gasteiger partial charge in [0.05, 0.1) is 0 Å². The number of amides is 1. The van der Waals surface area contributed by atoms with Crippen LogP contribution >= 0.6 is 12.4 Å². The van der Waals surface area contributed by atoms with Crippen molar-refractivity contribution in [2.75, 3.05) is 33.2 Å². The number of nitrogens with two attached hydrogens (primary N) is 1. The topological polar surface area (TPSA) is 49.6 Å². The molecule has 2 rings (SSSR count). The Balaban J connectivity index is 0.00000220. The molecule has 0 spiro atoms. The second kappa shape index (κ2) is 9.03. The number of halogens is 1. The zero-order valence-electron chi connectivity index (χ0n) is 12.7. The summed E-state index contributed by atoms with van der Waals surface area (Å²) in [5.74, 6) is 0.749. The van der Waals surface area contributed by atoms with Crippen LogP contribution in [-0.4, -0.2) is 48.9 Å². The van der Waals surface area contributed by atoms with Crippen molar-refractivity contribution in [3.63, 3.8) is 0 Å². The van der Waals surface area contributed by atoms with Gasteiger partial charge in [0, 0.05) is 39.6 Å². The van der Waals surface area contributed by atoms with Crippen LogP contribution in [-0.2, 0) is 11.3 Å². The Morgan fingerprint density at radius 2 is 2.10 bits per heavy atom. The number of benzene rings is 1. The van der Waals surface area contributed by atoms with E-state index in [1.54, 1.807) is 0 Å². The summed E-state index contributed by atoms with van der Waals surface area (Å²) in [7, 11) is 1.89. The largest absolute Gasteiger partial charge is 0.345 e. The molecule has 1 saturated heterocycles. The maximum absolute atomic E-state index is 11.7. The van der Waals surface area contributed by atoms with E-state index in [4.69, 9.17) is 5.73 Å². The van der Waals surface area contributed by atoms with Crippen LogP contribution in [0.2, 0.25) is 0 Å². The molecule has 1 aromatic carbocycles. The standard InChI is InChI=1S/C16H25N3O.ClH/c1-18(16(20)7-9-17)11-15-8-10-19(13-15)12-14-5-3-2-4-6-14;/h2-6,15H,7-13,17H2,1H3;1H. The fourth-order valence-electron chi connectivity index (χ4n) is 2.85. The highest BCUT2D eigenvalue weighted by molar-refractivity contribution is 5.85. The first-order chi connectivity index (χ1) is 9.69. The van der Waals surface area contributed by atoms with Gasteiger partial charge in [-0.25, -0.2) is 0 Å². The molecule has 1 fully saturated rings. The van der Waals surface area contributed by atoms with Gasteiger partial charge in [-0.1, -0.05) is 30.3 Å². The molecule has 1 aromatic rings. The van der Waals surface area contributed by atoms with Crippen molar-refractivity contribution in [3.05, 3.63) is 35.9 Å². The molecule has 0 bridgehead atoms. The van der Waals surface area contributed by atoms with Gasteiger partial charge in [-0.05, 0) is 24.4 Å². The molecule has 1 aliphatic rings. The lowest BCUT2D eigenvalue weighted by Gasteiger charge is -2.21. The van der Waals surface area contributed by atoms with Gasteiger partial charge in [0.2, 0.25) is 5.91 Å². The average molecular weight is 312 g/mol. The van der Waals surface area contributed by atoms with Crippen LogP contribution < -0.4 is 5.73 Å². The molecule has 21 heavy (non-hydrogen) atoms. The minimum atomic E-state index is 0. The van der Waals surface area contributed by atoms with Crippen molar-refractivity contribution < 1.29 is 4.79 Å². The number of hydrogen-bond donors (Lipinski definition) is 1. The summed E-state index contributed by atoms with van der Waals surface area (Å²) in [4.78, 5) is 16.0. The van der Waals surface area contributed by atoms with Gasteiger partial charge in [0.15, 0.2) is 0 Å². The average Bonchev–Trinajstić information content (AvgIpc) is 2.87. The monoisotopic (exact) mass is 311 g/mol. The molecule has 1 atom stereocenters. The Labute approximate surface area is 133 Å². The van der Waals surface area contributed by atoms with Gasteiger partial charge < -0.3 is 10.6 Å². The van der Waals surface area contributed by atoms with E-state index in [-0.39, 0.29) is 18.3 Å². The first-order valence-corrected chi connectivity index (χ1v) is 7.39. The Kier molecular flexibility index (Phi) is 7.72. The summed E-state index contributed by atoms with van der Waals surface area (Å²) in [6.07, 6.45) is 1.63. The zero-order valence-corrected chi connectivity index (χ0v) is 13.5. The molecule has 0 saturated carbocycles. The van der Waals surface area contributed by atoms with E-state index in [9.17, 15) is 4.79 Å². The number of carbonyl (C=O) groups excluding carboxylic acids is 1. The van der Waals surface area contributed by atoms with Gasteiger partial charge in [0.1, 0.15) is 0 Å². The van der Waals surface area contributed by atoms with Crippen LogP contribution in [0.25, 0.3) is 0 Å². The number of rotatable bonds is 6. The summed E-state index contributed by atoms with van der Waals surface area (Å²) in [5.41, 5.74) is 6.79. The zero-order chi connectivity index (χ0) is 14.4. The molecule has 2 N–H and O–H groups in total. The Morgan fingerprint density at radius 3 is 2.76 bits per heavy atom. The third-order valence-electron chi connectivity index (χ3n) is 3.93. The second-order valence-electron chi connectivity index (χ2n) is 5.69. The fraction of sp³-hybridized carbons (Fsp3) is 0.562. The minimum absolute atomic E-state index is 0. The van der Waals surface area contributed by atoms with Crippen LogP contribution in [0.4, 0.5) is 0 Å². The molecule has 118 valence electrons. The lowest BCUT2D eigenvalue weighted by atomic mass is 10.1. The molecule has 1 heterocycles. The Hall–Kier alpha value is -1.10. The fourth-order valence-corrected chi connectivity index (χ4v) is 2.85. The van der Waals surface area contributed by atoms with Crippen molar-refractivity contribution in [1.29, 1.82) is 0 Å². The van der Waals surface area contributed by atoms with Gasteiger partial charge in [-0.15, -0.1) is 12.4 Å². The van der Waals surface area contributed by atoms with E-state index in [2.05, 4.69) is 29.2 Å². The van der Waals surface area contributed by atoms with Crippen molar-refractivity contribution in [2.45, 2.75) is 19.4 Å². The number of nitrogens with zero attached hydrogens (tertiary/aromatic N) is 2. The molecule has 0 aliphatic carbocycles. The number of likely N-dealkylation sites (tertiary alicyclic amines) is 1. The highest BCUT2D eigenvalue weighted by Gasteiger charge is 2.24. The van der Waals surface area contributed by atoms with Gasteiger partial charge in [-0.3, -0.25) is 9.69 Å². The summed E-state index contributed by atoms with van der Waals surface area (Å²) >= 11 is 0. The van der Waals surface area contributed by atoms with Crippen LogP contribution in [0.5, 0.6) is 0 Å². The summed E-state index contributed by atoms with van der Waals surface area (Å²) in [5, 5.41) is 0. The SMILES string of the molecule is CN(CC1CCN(Cc2ccccc2)C1)C(=O)CCN.Cl. The molecule has 4 nitrogen and oxygen atoms in total. The van der Waals surface area contributed by atoms with Crippen LogP contribution in [0.15, 0.2) is 30.3 Å². The van der Waals surface area contributed by atoms with Gasteiger partial charge in [0.25, 0.3) is 0 Å². The molecule has 0 aromatic heterocycles. The van der Waals surface area contributed by atoms with Crippen LogP contribution in [0, 0.1) is 5.92 Å². The first-order valence-electron chi connectivity index (χ1n) is 7.39. The molecule has 5 heteroatoms.